The van der Waals surface area contributed by atoms with E-state index < -0.39 is 11.5 Å². The van der Waals surface area contributed by atoms with Gasteiger partial charge in [0.15, 0.2) is 5.54 Å². The number of hydrogen-bond acceptors (Lipinski definition) is 5. The van der Waals surface area contributed by atoms with E-state index in [-0.39, 0.29) is 5.91 Å². The van der Waals surface area contributed by atoms with Gasteiger partial charge in [0.1, 0.15) is 4.88 Å². The highest BCUT2D eigenvalue weighted by molar-refractivity contribution is 7.13. The zero-order valence-electron chi connectivity index (χ0n) is 13.6. The second-order valence-corrected chi connectivity index (χ2v) is 6.85. The first-order valence-electron chi connectivity index (χ1n) is 7.32. The van der Waals surface area contributed by atoms with Gasteiger partial charge in [-0.05, 0) is 33.6 Å². The summed E-state index contributed by atoms with van der Waals surface area (Å²) in [5.74, 6) is -1.25. The van der Waals surface area contributed by atoms with Crippen LogP contribution < -0.4 is 5.32 Å². The van der Waals surface area contributed by atoms with Crippen molar-refractivity contribution in [2.75, 3.05) is 5.32 Å². The number of nitrogens with one attached hydrogen (secondary N) is 1. The van der Waals surface area contributed by atoms with E-state index in [1.165, 1.54) is 42.3 Å². The van der Waals surface area contributed by atoms with Gasteiger partial charge in [0.25, 0.3) is 5.91 Å². The fourth-order valence-electron chi connectivity index (χ4n) is 1.96. The lowest BCUT2D eigenvalue weighted by molar-refractivity contribution is -0.146. The number of anilines is 1. The van der Waals surface area contributed by atoms with E-state index >= 15 is 0 Å². The van der Waals surface area contributed by atoms with E-state index in [4.69, 9.17) is 0 Å². The van der Waals surface area contributed by atoms with Crippen molar-refractivity contribution in [3.8, 4) is 0 Å². The molecule has 0 aliphatic carbocycles. The van der Waals surface area contributed by atoms with E-state index in [2.05, 4.69) is 22.3 Å². The van der Waals surface area contributed by atoms with Crippen molar-refractivity contribution in [3.63, 3.8) is 0 Å². The number of nitrogens with zero attached hydrogens (tertiary/aromatic N) is 3. The van der Waals surface area contributed by atoms with Crippen LogP contribution in [0.3, 0.4) is 0 Å². The molecule has 7 nitrogen and oxygen atoms in total. The molecule has 2 N–H and O–H groups in total. The summed E-state index contributed by atoms with van der Waals surface area (Å²) < 4.78 is 1.31. The van der Waals surface area contributed by atoms with E-state index in [9.17, 15) is 14.7 Å². The van der Waals surface area contributed by atoms with Gasteiger partial charge in [-0.15, -0.1) is 11.3 Å². The molecule has 0 unspecified atom stereocenters. The summed E-state index contributed by atoms with van der Waals surface area (Å²) in [7, 11) is 0. The largest absolute Gasteiger partial charge is 0.479 e. The number of carboxylic acid groups (broad SMARTS) is 1. The average molecular weight is 336 g/mol. The lowest BCUT2D eigenvalue weighted by atomic mass is 10.1. The van der Waals surface area contributed by atoms with Gasteiger partial charge in [0.05, 0.1) is 22.6 Å². The molecule has 2 heterocycles. The third-order valence-corrected chi connectivity index (χ3v) is 4.66. The highest BCUT2D eigenvalue weighted by Crippen LogP contribution is 2.22. The van der Waals surface area contributed by atoms with Crippen LogP contribution in [-0.2, 0) is 16.8 Å². The van der Waals surface area contributed by atoms with Crippen LogP contribution in [0.1, 0.15) is 47.6 Å². The smallest absolute Gasteiger partial charge is 0.331 e. The summed E-state index contributed by atoms with van der Waals surface area (Å²) in [5.41, 5.74) is -0.0270. The maximum absolute atomic E-state index is 12.4. The zero-order valence-corrected chi connectivity index (χ0v) is 14.4. The molecular weight excluding hydrogens is 316 g/mol. The SMILES string of the molecule is CCCc1nc(C)c(C(=O)Nc2cnn(C(C)(C)C(=O)O)c2)s1. The first-order valence-corrected chi connectivity index (χ1v) is 8.13. The van der Waals surface area contributed by atoms with Crippen LogP contribution in [0.15, 0.2) is 12.4 Å². The van der Waals surface area contributed by atoms with Crippen LogP contribution in [0.2, 0.25) is 0 Å². The van der Waals surface area contributed by atoms with Gasteiger partial charge in [-0.3, -0.25) is 9.48 Å². The number of carboxylic acids is 1. The zero-order chi connectivity index (χ0) is 17.2. The molecule has 0 bridgehead atoms. The van der Waals surface area contributed by atoms with Crippen LogP contribution in [-0.4, -0.2) is 31.7 Å². The molecule has 0 aliphatic heterocycles. The molecule has 1 amide bonds. The van der Waals surface area contributed by atoms with Crippen molar-refractivity contribution < 1.29 is 14.7 Å². The number of carbonyl (C=O) groups is 2. The van der Waals surface area contributed by atoms with Crippen molar-refractivity contribution >= 4 is 28.9 Å². The summed E-state index contributed by atoms with van der Waals surface area (Å²) in [6, 6.07) is 0. The van der Waals surface area contributed by atoms with Crippen LogP contribution in [0.4, 0.5) is 5.69 Å². The second kappa shape index (κ2) is 6.49. The number of hydrogen-bond donors (Lipinski definition) is 2. The summed E-state index contributed by atoms with van der Waals surface area (Å²) in [4.78, 5) is 28.5. The lowest BCUT2D eigenvalue weighted by Crippen LogP contribution is -2.35. The number of thiazole rings is 1. The highest BCUT2D eigenvalue weighted by Gasteiger charge is 2.30. The topological polar surface area (TPSA) is 97.1 Å². The molecule has 2 aromatic heterocycles. The maximum atomic E-state index is 12.4. The van der Waals surface area contributed by atoms with Crippen LogP contribution >= 0.6 is 11.3 Å². The Kier molecular flexibility index (Phi) is 4.84. The van der Waals surface area contributed by atoms with Gasteiger partial charge in [-0.1, -0.05) is 6.92 Å². The van der Waals surface area contributed by atoms with Gasteiger partial charge in [0.2, 0.25) is 0 Å². The Labute approximate surface area is 138 Å². The molecule has 0 aliphatic rings. The van der Waals surface area contributed by atoms with Crippen LogP contribution in [0.5, 0.6) is 0 Å². The quantitative estimate of drug-likeness (QED) is 0.845. The third kappa shape index (κ3) is 3.58. The Balaban J connectivity index is 2.15. The first kappa shape index (κ1) is 17.1. The molecule has 0 spiro atoms. The van der Waals surface area contributed by atoms with Gasteiger partial charge in [0, 0.05) is 6.20 Å². The normalized spacial score (nSPS) is 11.5. The molecule has 0 saturated carbocycles. The number of carbonyl (C=O) groups excluding carboxylic acids is 1. The molecule has 0 aromatic carbocycles. The van der Waals surface area contributed by atoms with E-state index in [1.54, 1.807) is 0 Å². The molecule has 124 valence electrons. The fourth-order valence-corrected chi connectivity index (χ4v) is 3.02. The molecule has 0 atom stereocenters. The van der Waals surface area contributed by atoms with E-state index in [0.717, 1.165) is 17.8 Å². The number of aryl methyl sites for hydroxylation is 2. The van der Waals surface area contributed by atoms with Crippen LogP contribution in [0.25, 0.3) is 0 Å². The second-order valence-electron chi connectivity index (χ2n) is 5.76. The minimum absolute atomic E-state index is 0.255. The molecule has 0 saturated heterocycles. The van der Waals surface area contributed by atoms with Crippen LogP contribution in [0, 0.1) is 6.92 Å². The Morgan fingerprint density at radius 1 is 1.43 bits per heavy atom. The Morgan fingerprint density at radius 3 is 2.74 bits per heavy atom. The number of aliphatic carboxylic acids is 1. The minimum atomic E-state index is -1.18. The molecule has 2 rings (SSSR count). The Morgan fingerprint density at radius 2 is 2.13 bits per heavy atom. The van der Waals surface area contributed by atoms with Gasteiger partial charge < -0.3 is 10.4 Å². The van der Waals surface area contributed by atoms with Crippen molar-refractivity contribution in [2.24, 2.45) is 0 Å². The van der Waals surface area contributed by atoms with Gasteiger partial charge in [-0.2, -0.15) is 5.10 Å². The van der Waals surface area contributed by atoms with E-state index in [0.29, 0.717) is 16.3 Å². The number of rotatable bonds is 6. The summed E-state index contributed by atoms with van der Waals surface area (Å²) in [6.45, 7) is 6.95. The summed E-state index contributed by atoms with van der Waals surface area (Å²) in [6.07, 6.45) is 4.77. The standard InChI is InChI=1S/C15H20N4O3S/c1-5-6-11-17-9(2)12(23-11)13(20)18-10-7-16-19(8-10)15(3,4)14(21)22/h7-8H,5-6H2,1-4H3,(H,18,20)(H,21,22). The van der Waals surface area contributed by atoms with Crippen molar-refractivity contribution in [3.05, 3.63) is 28.0 Å². The molecule has 8 heteroatoms. The number of aromatic nitrogens is 3. The monoisotopic (exact) mass is 336 g/mol. The Hall–Kier alpha value is -2.22. The molecule has 23 heavy (non-hydrogen) atoms. The maximum Gasteiger partial charge on any atom is 0.331 e. The summed E-state index contributed by atoms with van der Waals surface area (Å²) in [5, 5.41) is 16.9. The minimum Gasteiger partial charge on any atom is -0.479 e. The van der Waals surface area contributed by atoms with Crippen molar-refractivity contribution in [2.45, 2.75) is 46.1 Å². The molecule has 0 radical (unpaired) electrons. The third-order valence-electron chi connectivity index (χ3n) is 3.45. The molecule has 2 aromatic rings. The predicted molar refractivity (Wildman–Crippen MR) is 88.0 cm³/mol. The molecule has 0 fully saturated rings. The number of amides is 1. The average Bonchev–Trinajstić information content (AvgIpc) is 3.06. The Bertz CT molecular complexity index is 733. The van der Waals surface area contributed by atoms with E-state index in [1.807, 2.05) is 6.92 Å². The predicted octanol–water partition coefficient (Wildman–Crippen LogP) is 2.67. The summed E-state index contributed by atoms with van der Waals surface area (Å²) >= 11 is 1.38. The lowest BCUT2D eigenvalue weighted by Gasteiger charge is -2.19. The van der Waals surface area contributed by atoms with Crippen molar-refractivity contribution in [1.29, 1.82) is 0 Å². The highest BCUT2D eigenvalue weighted by atomic mass is 32.1. The van der Waals surface area contributed by atoms with Gasteiger partial charge in [-0.25, -0.2) is 9.78 Å². The van der Waals surface area contributed by atoms with Crippen molar-refractivity contribution in [1.82, 2.24) is 14.8 Å². The first-order chi connectivity index (χ1) is 10.8. The van der Waals surface area contributed by atoms with Gasteiger partial charge >= 0.3 is 5.97 Å². The molecular formula is C15H20N4O3S. The fraction of sp³-hybridized carbons (Fsp3) is 0.467.